The summed E-state index contributed by atoms with van der Waals surface area (Å²) < 4.78 is 10.3. The maximum atomic E-state index is 11.8. The summed E-state index contributed by atoms with van der Waals surface area (Å²) in [5, 5.41) is 0. The lowest BCUT2D eigenvalue weighted by Gasteiger charge is -2.00. The van der Waals surface area contributed by atoms with E-state index >= 15 is 0 Å². The zero-order valence-corrected chi connectivity index (χ0v) is 15.2. The van der Waals surface area contributed by atoms with Crippen LogP contribution in [0.1, 0.15) is 22.5 Å². The van der Waals surface area contributed by atoms with Crippen LogP contribution in [0.4, 0.5) is 0 Å². The standard InChI is InChI=1S/C22H20N2O3/c1-26-20-11-5-16(6-12-20)3-9-18-15-19(24-22(25)23-18)10-4-17-7-13-21(27-2)14-8-17/h3-15H,1-2H3,(H,23,24,25). The molecule has 0 fully saturated rings. The van der Waals surface area contributed by atoms with Gasteiger partial charge in [-0.3, -0.25) is 0 Å². The van der Waals surface area contributed by atoms with Gasteiger partial charge in [0.1, 0.15) is 11.5 Å². The number of hydrogen-bond donors (Lipinski definition) is 1. The number of aromatic nitrogens is 2. The van der Waals surface area contributed by atoms with Crippen LogP contribution in [-0.4, -0.2) is 24.2 Å². The van der Waals surface area contributed by atoms with Crippen LogP contribution >= 0.6 is 0 Å². The Labute approximate surface area is 157 Å². The van der Waals surface area contributed by atoms with E-state index in [1.165, 1.54) is 0 Å². The third kappa shape index (κ3) is 5.19. The summed E-state index contributed by atoms with van der Waals surface area (Å²) in [6, 6.07) is 17.1. The maximum Gasteiger partial charge on any atom is 0.345 e. The van der Waals surface area contributed by atoms with Gasteiger partial charge >= 0.3 is 5.69 Å². The molecule has 0 bridgehead atoms. The summed E-state index contributed by atoms with van der Waals surface area (Å²) in [5.41, 5.74) is 2.88. The van der Waals surface area contributed by atoms with Crippen LogP contribution in [0.3, 0.4) is 0 Å². The third-order valence-corrected chi connectivity index (χ3v) is 3.92. The molecule has 0 aliphatic rings. The number of benzene rings is 2. The molecular formula is C22H20N2O3. The molecule has 0 radical (unpaired) electrons. The fraction of sp³-hybridized carbons (Fsp3) is 0.0909. The molecule has 5 heteroatoms. The molecule has 2 aromatic carbocycles. The molecule has 0 amide bonds. The number of hydrogen-bond acceptors (Lipinski definition) is 4. The van der Waals surface area contributed by atoms with E-state index < -0.39 is 0 Å². The quantitative estimate of drug-likeness (QED) is 0.718. The highest BCUT2D eigenvalue weighted by atomic mass is 16.5. The largest absolute Gasteiger partial charge is 0.497 e. The van der Waals surface area contributed by atoms with E-state index in [1.54, 1.807) is 14.2 Å². The van der Waals surface area contributed by atoms with E-state index in [-0.39, 0.29) is 5.69 Å². The Hall–Kier alpha value is -3.60. The average molecular weight is 360 g/mol. The van der Waals surface area contributed by atoms with Crippen molar-refractivity contribution in [1.82, 2.24) is 9.97 Å². The van der Waals surface area contributed by atoms with E-state index in [4.69, 9.17) is 9.47 Å². The Morgan fingerprint density at radius 1 is 0.778 bits per heavy atom. The van der Waals surface area contributed by atoms with Crippen molar-refractivity contribution in [1.29, 1.82) is 0 Å². The number of rotatable bonds is 6. The van der Waals surface area contributed by atoms with Gasteiger partial charge < -0.3 is 14.5 Å². The molecule has 1 aromatic heterocycles. The second-order valence-electron chi connectivity index (χ2n) is 5.78. The van der Waals surface area contributed by atoms with Crippen LogP contribution in [0, 0.1) is 0 Å². The maximum absolute atomic E-state index is 11.8. The molecule has 1 heterocycles. The van der Waals surface area contributed by atoms with Gasteiger partial charge in [0.05, 0.1) is 19.9 Å². The number of nitrogens with zero attached hydrogens (tertiary/aromatic N) is 1. The summed E-state index contributed by atoms with van der Waals surface area (Å²) >= 11 is 0. The van der Waals surface area contributed by atoms with Crippen LogP contribution in [0.25, 0.3) is 24.3 Å². The van der Waals surface area contributed by atoms with Crippen LogP contribution in [-0.2, 0) is 0 Å². The van der Waals surface area contributed by atoms with Crippen molar-refractivity contribution in [2.45, 2.75) is 0 Å². The minimum Gasteiger partial charge on any atom is -0.497 e. The Morgan fingerprint density at radius 3 is 1.81 bits per heavy atom. The summed E-state index contributed by atoms with van der Waals surface area (Å²) in [6.45, 7) is 0. The molecule has 0 saturated carbocycles. The lowest BCUT2D eigenvalue weighted by atomic mass is 10.1. The van der Waals surface area contributed by atoms with Gasteiger partial charge in [-0.15, -0.1) is 0 Å². The number of ether oxygens (including phenoxy) is 2. The first kappa shape index (κ1) is 18.2. The highest BCUT2D eigenvalue weighted by Crippen LogP contribution is 2.15. The summed E-state index contributed by atoms with van der Waals surface area (Å²) in [6.07, 6.45) is 7.47. The van der Waals surface area contributed by atoms with Crippen molar-refractivity contribution < 1.29 is 9.47 Å². The predicted molar refractivity (Wildman–Crippen MR) is 109 cm³/mol. The molecule has 136 valence electrons. The Morgan fingerprint density at radius 2 is 1.30 bits per heavy atom. The van der Waals surface area contributed by atoms with Crippen molar-refractivity contribution in [3.8, 4) is 11.5 Å². The molecule has 27 heavy (non-hydrogen) atoms. The first-order valence-corrected chi connectivity index (χ1v) is 8.42. The highest BCUT2D eigenvalue weighted by Gasteiger charge is 1.97. The van der Waals surface area contributed by atoms with Gasteiger partial charge in [-0.05, 0) is 53.6 Å². The first-order valence-electron chi connectivity index (χ1n) is 8.42. The van der Waals surface area contributed by atoms with Crippen molar-refractivity contribution in [2.24, 2.45) is 0 Å². The molecule has 0 atom stereocenters. The van der Waals surface area contributed by atoms with Crippen LogP contribution in [0.2, 0.25) is 0 Å². The molecule has 0 aliphatic heterocycles. The van der Waals surface area contributed by atoms with Gasteiger partial charge in [-0.2, -0.15) is 4.98 Å². The summed E-state index contributed by atoms with van der Waals surface area (Å²) in [4.78, 5) is 18.5. The highest BCUT2D eigenvalue weighted by molar-refractivity contribution is 5.72. The predicted octanol–water partition coefficient (Wildman–Crippen LogP) is 4.13. The molecular weight excluding hydrogens is 340 g/mol. The normalized spacial score (nSPS) is 11.2. The third-order valence-electron chi connectivity index (χ3n) is 3.92. The minimum atomic E-state index is -0.388. The van der Waals surface area contributed by atoms with Gasteiger partial charge in [0, 0.05) is 5.69 Å². The number of aromatic amines is 1. The molecule has 0 spiro atoms. The lowest BCUT2D eigenvalue weighted by molar-refractivity contribution is 0.414. The molecule has 3 rings (SSSR count). The Kier molecular flexibility index (Phi) is 5.84. The summed E-state index contributed by atoms with van der Waals surface area (Å²) in [5.74, 6) is 1.60. The minimum absolute atomic E-state index is 0.388. The van der Waals surface area contributed by atoms with Crippen LogP contribution < -0.4 is 15.2 Å². The molecule has 5 nitrogen and oxygen atoms in total. The van der Waals surface area contributed by atoms with Gasteiger partial charge in [0.25, 0.3) is 0 Å². The number of nitrogens with one attached hydrogen (secondary N) is 1. The van der Waals surface area contributed by atoms with Gasteiger partial charge in [-0.25, -0.2) is 4.79 Å². The van der Waals surface area contributed by atoms with Crippen LogP contribution in [0.15, 0.2) is 59.4 Å². The average Bonchev–Trinajstić information content (AvgIpc) is 2.71. The van der Waals surface area contributed by atoms with Gasteiger partial charge in [0.2, 0.25) is 0 Å². The Bertz CT molecular complexity index is 922. The molecule has 0 unspecified atom stereocenters. The molecule has 0 aliphatic carbocycles. The van der Waals surface area contributed by atoms with E-state index in [0.717, 1.165) is 22.6 Å². The smallest absolute Gasteiger partial charge is 0.345 e. The topological polar surface area (TPSA) is 64.2 Å². The van der Waals surface area contributed by atoms with Crippen molar-refractivity contribution >= 4 is 24.3 Å². The SMILES string of the molecule is COc1ccc(C=Cc2cc(C=Cc3ccc(OC)cc3)[nH]c(=O)n2)cc1. The zero-order chi connectivity index (χ0) is 19.1. The van der Waals surface area contributed by atoms with E-state index in [2.05, 4.69) is 9.97 Å². The zero-order valence-electron chi connectivity index (χ0n) is 15.2. The van der Waals surface area contributed by atoms with Crippen LogP contribution in [0.5, 0.6) is 11.5 Å². The number of methoxy groups -OCH3 is 2. The van der Waals surface area contributed by atoms with Crippen molar-refractivity contribution in [3.63, 3.8) is 0 Å². The number of H-pyrrole nitrogens is 1. The van der Waals surface area contributed by atoms with E-state index in [9.17, 15) is 4.79 Å². The fourth-order valence-electron chi connectivity index (χ4n) is 2.47. The Balaban J connectivity index is 1.77. The second kappa shape index (κ2) is 8.67. The van der Waals surface area contributed by atoms with Crippen molar-refractivity contribution in [3.05, 3.63) is 87.6 Å². The van der Waals surface area contributed by atoms with Gasteiger partial charge in [0.15, 0.2) is 0 Å². The molecule has 0 saturated heterocycles. The lowest BCUT2D eigenvalue weighted by Crippen LogP contribution is -2.12. The van der Waals surface area contributed by atoms with Crippen molar-refractivity contribution in [2.75, 3.05) is 14.2 Å². The van der Waals surface area contributed by atoms with E-state index in [1.807, 2.05) is 78.9 Å². The first-order chi connectivity index (χ1) is 13.2. The fourth-order valence-corrected chi connectivity index (χ4v) is 2.47. The van der Waals surface area contributed by atoms with E-state index in [0.29, 0.717) is 11.4 Å². The second-order valence-corrected chi connectivity index (χ2v) is 5.78. The monoisotopic (exact) mass is 360 g/mol. The molecule has 1 N–H and O–H groups in total. The summed E-state index contributed by atoms with van der Waals surface area (Å²) in [7, 11) is 3.26. The molecule has 3 aromatic rings. The van der Waals surface area contributed by atoms with Gasteiger partial charge in [-0.1, -0.05) is 36.4 Å².